The lowest BCUT2D eigenvalue weighted by atomic mass is 10.0. The van der Waals surface area contributed by atoms with Crippen molar-refractivity contribution in [2.24, 2.45) is 9.98 Å². The number of hydrogen-bond donors (Lipinski definition) is 0. The van der Waals surface area contributed by atoms with Crippen LogP contribution in [-0.4, -0.2) is 30.2 Å². The molecule has 0 unspecified atom stereocenters. The summed E-state index contributed by atoms with van der Waals surface area (Å²) in [6, 6.07) is 9.31. The van der Waals surface area contributed by atoms with E-state index in [1.165, 1.54) is 12.1 Å². The number of aryl methyl sites for hydroxylation is 1. The van der Waals surface area contributed by atoms with E-state index in [0.717, 1.165) is 11.1 Å². The summed E-state index contributed by atoms with van der Waals surface area (Å²) in [5, 5.41) is 4.63. The molecule has 6 nitrogen and oxygen atoms in total. The van der Waals surface area contributed by atoms with Gasteiger partial charge in [0.05, 0.1) is 5.39 Å². The number of alkyl halides is 3. The molecule has 0 amide bonds. The average molecular weight is 415 g/mol. The fourth-order valence-corrected chi connectivity index (χ4v) is 2.97. The SMILES string of the molecule is Cc1cc(-c2ccc(OC(F)(F)F)cc2)cc2c(OCC3=NC=CCC=N3)noc12. The topological polar surface area (TPSA) is 69.2 Å². The highest BCUT2D eigenvalue weighted by molar-refractivity contribution is 5.93. The Bertz CT molecular complexity index is 1150. The Kier molecular flexibility index (Phi) is 5.26. The van der Waals surface area contributed by atoms with Gasteiger partial charge in [0.25, 0.3) is 5.88 Å². The van der Waals surface area contributed by atoms with Crippen LogP contribution in [0, 0.1) is 6.92 Å². The van der Waals surface area contributed by atoms with Crippen molar-refractivity contribution in [3.8, 4) is 22.8 Å². The second-order valence-electron chi connectivity index (χ2n) is 6.50. The summed E-state index contributed by atoms with van der Waals surface area (Å²) in [4.78, 5) is 8.39. The smallest absolute Gasteiger partial charge is 0.467 e. The van der Waals surface area contributed by atoms with Crippen LogP contribution in [-0.2, 0) is 0 Å². The van der Waals surface area contributed by atoms with Crippen LogP contribution in [0.25, 0.3) is 22.1 Å². The monoisotopic (exact) mass is 415 g/mol. The number of aromatic nitrogens is 1. The number of hydrogen-bond acceptors (Lipinski definition) is 6. The van der Waals surface area contributed by atoms with Crippen molar-refractivity contribution in [2.45, 2.75) is 19.7 Å². The number of allylic oxidation sites excluding steroid dienone is 1. The molecule has 0 spiro atoms. The minimum absolute atomic E-state index is 0.120. The van der Waals surface area contributed by atoms with Gasteiger partial charge < -0.3 is 14.0 Å². The highest BCUT2D eigenvalue weighted by Gasteiger charge is 2.31. The van der Waals surface area contributed by atoms with E-state index in [0.29, 0.717) is 28.8 Å². The zero-order valence-corrected chi connectivity index (χ0v) is 15.8. The van der Waals surface area contributed by atoms with Crippen LogP contribution in [0.2, 0.25) is 0 Å². The molecule has 0 radical (unpaired) electrons. The molecule has 0 saturated heterocycles. The van der Waals surface area contributed by atoms with Crippen LogP contribution in [0.5, 0.6) is 11.6 Å². The highest BCUT2D eigenvalue weighted by atomic mass is 19.4. The van der Waals surface area contributed by atoms with E-state index in [2.05, 4.69) is 19.9 Å². The van der Waals surface area contributed by atoms with Crippen LogP contribution in [0.3, 0.4) is 0 Å². The Labute approximate surface area is 169 Å². The molecule has 1 aromatic heterocycles. The predicted molar refractivity (Wildman–Crippen MR) is 106 cm³/mol. The van der Waals surface area contributed by atoms with Crippen molar-refractivity contribution in [3.05, 3.63) is 54.2 Å². The number of aliphatic imine (C=N–C) groups is 2. The first kappa shape index (κ1) is 19.7. The second kappa shape index (κ2) is 8.02. The molecule has 0 fully saturated rings. The fraction of sp³-hybridized carbons (Fsp3) is 0.190. The van der Waals surface area contributed by atoms with Gasteiger partial charge >= 0.3 is 6.36 Å². The number of benzene rings is 2. The van der Waals surface area contributed by atoms with Crippen LogP contribution < -0.4 is 9.47 Å². The Morgan fingerprint density at radius 3 is 2.67 bits per heavy atom. The van der Waals surface area contributed by atoms with E-state index in [4.69, 9.17) is 9.26 Å². The molecule has 30 heavy (non-hydrogen) atoms. The minimum atomic E-state index is -4.73. The van der Waals surface area contributed by atoms with Crippen molar-refractivity contribution in [1.29, 1.82) is 0 Å². The first-order valence-electron chi connectivity index (χ1n) is 9.02. The van der Waals surface area contributed by atoms with Crippen molar-refractivity contribution < 1.29 is 27.2 Å². The van der Waals surface area contributed by atoms with Gasteiger partial charge in [0.2, 0.25) is 0 Å². The van der Waals surface area contributed by atoms with Gasteiger partial charge in [-0.25, -0.2) is 9.98 Å². The van der Waals surface area contributed by atoms with Crippen LogP contribution >= 0.6 is 0 Å². The van der Waals surface area contributed by atoms with Gasteiger partial charge in [0.15, 0.2) is 11.4 Å². The molecule has 0 bridgehead atoms. The molecule has 0 N–H and O–H groups in total. The number of ether oxygens (including phenoxy) is 2. The van der Waals surface area contributed by atoms with Crippen molar-refractivity contribution >= 4 is 23.0 Å². The summed E-state index contributed by atoms with van der Waals surface area (Å²) in [5.41, 5.74) is 2.87. The zero-order valence-electron chi connectivity index (χ0n) is 15.8. The highest BCUT2D eigenvalue weighted by Crippen LogP contribution is 2.34. The van der Waals surface area contributed by atoms with E-state index >= 15 is 0 Å². The molecular formula is C21H16F3N3O3. The summed E-state index contributed by atoms with van der Waals surface area (Å²) in [6.07, 6.45) is 1.26. The summed E-state index contributed by atoms with van der Waals surface area (Å²) in [6.45, 7) is 1.97. The summed E-state index contributed by atoms with van der Waals surface area (Å²) >= 11 is 0. The molecule has 154 valence electrons. The summed E-state index contributed by atoms with van der Waals surface area (Å²) < 4.78 is 52.1. The van der Waals surface area contributed by atoms with Gasteiger partial charge in [-0.1, -0.05) is 18.2 Å². The van der Waals surface area contributed by atoms with Crippen molar-refractivity contribution in [3.63, 3.8) is 0 Å². The van der Waals surface area contributed by atoms with E-state index in [1.807, 2.05) is 25.1 Å². The predicted octanol–water partition coefficient (Wildman–Crippen LogP) is 5.47. The lowest BCUT2D eigenvalue weighted by molar-refractivity contribution is -0.274. The van der Waals surface area contributed by atoms with E-state index < -0.39 is 6.36 Å². The Balaban J connectivity index is 1.60. The first-order valence-corrected chi connectivity index (χ1v) is 9.02. The molecule has 9 heteroatoms. The molecule has 2 heterocycles. The number of halogens is 3. The maximum Gasteiger partial charge on any atom is 0.573 e. The van der Waals surface area contributed by atoms with Crippen LogP contribution in [0.4, 0.5) is 13.2 Å². The van der Waals surface area contributed by atoms with E-state index in [1.54, 1.807) is 24.5 Å². The number of fused-ring (bicyclic) bond motifs is 1. The summed E-state index contributed by atoms with van der Waals surface area (Å²) in [5.74, 6) is 0.517. The molecule has 2 aromatic carbocycles. The molecule has 0 saturated carbocycles. The molecular weight excluding hydrogens is 399 g/mol. The number of rotatable bonds is 5. The number of amidine groups is 1. The van der Waals surface area contributed by atoms with Gasteiger partial charge in [-0.2, -0.15) is 0 Å². The first-order chi connectivity index (χ1) is 14.4. The Hall–Kier alpha value is -3.62. The van der Waals surface area contributed by atoms with Gasteiger partial charge in [0, 0.05) is 18.8 Å². The van der Waals surface area contributed by atoms with E-state index in [-0.39, 0.29) is 18.2 Å². The largest absolute Gasteiger partial charge is 0.573 e. The molecule has 4 rings (SSSR count). The molecule has 1 aliphatic rings. The second-order valence-corrected chi connectivity index (χ2v) is 6.50. The quantitative estimate of drug-likeness (QED) is 0.554. The van der Waals surface area contributed by atoms with Crippen molar-refractivity contribution in [1.82, 2.24) is 5.16 Å². The standard InChI is InChI=1S/C21H16F3N3O3/c1-13-10-15(14-4-6-16(7-5-14)29-21(22,23)24)11-17-19(13)30-27-20(17)28-12-18-25-8-2-3-9-26-18/h2,4-11H,3,12H2,1H3. The van der Waals surface area contributed by atoms with E-state index in [9.17, 15) is 13.2 Å². The van der Waals surface area contributed by atoms with Crippen LogP contribution in [0.1, 0.15) is 12.0 Å². The Morgan fingerprint density at radius 2 is 1.90 bits per heavy atom. The third-order valence-electron chi connectivity index (χ3n) is 4.29. The van der Waals surface area contributed by atoms with Crippen molar-refractivity contribution in [2.75, 3.05) is 6.61 Å². The number of nitrogens with zero attached hydrogens (tertiary/aromatic N) is 3. The molecule has 0 aliphatic carbocycles. The van der Waals surface area contributed by atoms with Gasteiger partial charge in [-0.3, -0.25) is 0 Å². The fourth-order valence-electron chi connectivity index (χ4n) is 2.97. The summed E-state index contributed by atoms with van der Waals surface area (Å²) in [7, 11) is 0. The molecule has 0 atom stereocenters. The maximum atomic E-state index is 12.4. The van der Waals surface area contributed by atoms with Gasteiger partial charge in [-0.05, 0) is 53.0 Å². The molecule has 3 aromatic rings. The third kappa shape index (κ3) is 4.51. The Morgan fingerprint density at radius 1 is 1.10 bits per heavy atom. The van der Waals surface area contributed by atoms with Crippen LogP contribution in [0.15, 0.2) is 63.2 Å². The average Bonchev–Trinajstić information content (AvgIpc) is 2.92. The maximum absolute atomic E-state index is 12.4. The molecule has 1 aliphatic heterocycles. The van der Waals surface area contributed by atoms with Gasteiger partial charge in [-0.15, -0.1) is 13.2 Å². The lowest BCUT2D eigenvalue weighted by Crippen LogP contribution is -2.16. The minimum Gasteiger partial charge on any atom is -0.467 e. The third-order valence-corrected chi connectivity index (χ3v) is 4.29. The normalized spacial score (nSPS) is 13.9. The van der Waals surface area contributed by atoms with Gasteiger partial charge in [0.1, 0.15) is 12.4 Å². The zero-order chi connectivity index (χ0) is 21.1. The lowest BCUT2D eigenvalue weighted by Gasteiger charge is -2.10.